The van der Waals surface area contributed by atoms with Crippen LogP contribution < -0.4 is 14.8 Å². The van der Waals surface area contributed by atoms with Crippen LogP contribution in [0.2, 0.25) is 5.02 Å². The van der Waals surface area contributed by atoms with Gasteiger partial charge in [-0.2, -0.15) is 0 Å². The molecule has 0 saturated carbocycles. The molecule has 32 heavy (non-hydrogen) atoms. The minimum absolute atomic E-state index is 0.115. The number of aromatic nitrogens is 2. The number of alkyl halides is 1. The first-order valence-electron chi connectivity index (χ1n) is 9.35. The highest BCUT2D eigenvalue weighted by Crippen LogP contribution is 2.35. The fourth-order valence-corrected chi connectivity index (χ4v) is 4.22. The van der Waals surface area contributed by atoms with Crippen molar-refractivity contribution in [2.24, 2.45) is 0 Å². The third-order valence-corrected chi connectivity index (χ3v) is 5.87. The molecule has 2 aromatic carbocycles. The number of hydrogen-bond acceptors (Lipinski definition) is 7. The van der Waals surface area contributed by atoms with Gasteiger partial charge in [0.25, 0.3) is 5.56 Å². The Morgan fingerprint density at radius 3 is 2.72 bits per heavy atom. The van der Waals surface area contributed by atoms with Crippen LogP contribution in [0, 0.1) is 0 Å². The molecule has 0 saturated heterocycles. The molecule has 0 atom stereocenters. The summed E-state index contributed by atoms with van der Waals surface area (Å²) < 4.78 is 23.9. The van der Waals surface area contributed by atoms with E-state index >= 15 is 0 Å². The van der Waals surface area contributed by atoms with E-state index in [0.717, 1.165) is 0 Å². The summed E-state index contributed by atoms with van der Waals surface area (Å²) in [6.07, 6.45) is 3.26. The van der Waals surface area contributed by atoms with Gasteiger partial charge in [-0.25, -0.2) is 14.2 Å². The lowest BCUT2D eigenvalue weighted by atomic mass is 10.1. The van der Waals surface area contributed by atoms with Crippen LogP contribution in [0.25, 0.3) is 22.3 Å². The molecule has 0 aliphatic carbocycles. The first-order chi connectivity index (χ1) is 15.4. The Kier molecular flexibility index (Phi) is 6.11. The summed E-state index contributed by atoms with van der Waals surface area (Å²) in [4.78, 5) is 29.6. The third kappa shape index (κ3) is 4.17. The summed E-state index contributed by atoms with van der Waals surface area (Å²) in [5, 5.41) is 9.98. The molecule has 1 N–H and O–H groups in total. The molecule has 4 rings (SSSR count). The van der Waals surface area contributed by atoms with E-state index in [1.165, 1.54) is 28.9 Å². The van der Waals surface area contributed by atoms with E-state index in [2.05, 4.69) is 4.98 Å². The van der Waals surface area contributed by atoms with Crippen molar-refractivity contribution in [2.75, 3.05) is 20.4 Å². The van der Waals surface area contributed by atoms with Crippen molar-refractivity contribution in [1.82, 2.24) is 9.38 Å². The normalized spacial score (nSPS) is 11.8. The highest BCUT2D eigenvalue weighted by molar-refractivity contribution is 7.15. The SMILES string of the molecule is COc1cc(/C=c2\sc3nc(-c4ccc(C(=O)OCCF)cc4)cn3c2=O)cc(Cl)c1O. The fourth-order valence-electron chi connectivity index (χ4n) is 3.05. The van der Waals surface area contributed by atoms with Crippen LogP contribution in [0.3, 0.4) is 0 Å². The van der Waals surface area contributed by atoms with Gasteiger partial charge in [0.1, 0.15) is 13.3 Å². The smallest absolute Gasteiger partial charge is 0.338 e. The number of thiazole rings is 1. The Morgan fingerprint density at radius 1 is 1.31 bits per heavy atom. The topological polar surface area (TPSA) is 90.1 Å². The van der Waals surface area contributed by atoms with Gasteiger partial charge in [-0.05, 0) is 35.9 Å². The standard InChI is InChI=1S/C22H16ClFN2O5S/c1-30-17-9-12(8-15(23)19(17)27)10-18-20(28)26-11-16(25-22(26)32-18)13-2-4-14(5-3-13)21(29)31-7-6-24/h2-5,8-11,27H,6-7H2,1H3/b18-10-. The molecule has 0 fully saturated rings. The molecule has 2 heterocycles. The average Bonchev–Trinajstić information content (AvgIpc) is 3.34. The van der Waals surface area contributed by atoms with E-state index in [4.69, 9.17) is 21.1 Å². The quantitative estimate of drug-likeness (QED) is 0.430. The number of benzene rings is 2. The summed E-state index contributed by atoms with van der Waals surface area (Å²) in [5.41, 5.74) is 1.92. The predicted molar refractivity (Wildman–Crippen MR) is 119 cm³/mol. The maximum absolute atomic E-state index is 12.8. The van der Waals surface area contributed by atoms with Gasteiger partial charge in [0.05, 0.1) is 27.9 Å². The Bertz CT molecular complexity index is 1420. The summed E-state index contributed by atoms with van der Waals surface area (Å²) in [7, 11) is 1.41. The maximum Gasteiger partial charge on any atom is 0.338 e. The monoisotopic (exact) mass is 474 g/mol. The molecule has 0 spiro atoms. The molecular weight excluding hydrogens is 459 g/mol. The molecule has 4 aromatic rings. The number of ether oxygens (including phenoxy) is 2. The van der Waals surface area contributed by atoms with Crippen molar-refractivity contribution in [1.29, 1.82) is 0 Å². The molecule has 164 valence electrons. The van der Waals surface area contributed by atoms with Gasteiger partial charge in [-0.3, -0.25) is 9.20 Å². The lowest BCUT2D eigenvalue weighted by Crippen LogP contribution is -2.22. The highest BCUT2D eigenvalue weighted by Gasteiger charge is 2.13. The maximum atomic E-state index is 12.8. The molecule has 7 nitrogen and oxygen atoms in total. The molecule has 0 unspecified atom stereocenters. The number of fused-ring (bicyclic) bond motifs is 1. The summed E-state index contributed by atoms with van der Waals surface area (Å²) in [5.74, 6) is -0.564. The van der Waals surface area contributed by atoms with Gasteiger partial charge in [0, 0.05) is 11.8 Å². The Morgan fingerprint density at radius 2 is 2.06 bits per heavy atom. The molecule has 0 amide bonds. The summed E-state index contributed by atoms with van der Waals surface area (Å²) >= 11 is 7.22. The number of rotatable bonds is 6. The van der Waals surface area contributed by atoms with E-state index in [1.807, 2.05) is 0 Å². The van der Waals surface area contributed by atoms with Crippen molar-refractivity contribution in [3.63, 3.8) is 0 Å². The van der Waals surface area contributed by atoms with Crippen LogP contribution in [0.15, 0.2) is 47.4 Å². The Labute approximate surface area is 189 Å². The summed E-state index contributed by atoms with van der Waals surface area (Å²) in [6.45, 7) is -1.02. The minimum Gasteiger partial charge on any atom is -0.503 e. The molecule has 0 bridgehead atoms. The van der Waals surface area contributed by atoms with Crippen molar-refractivity contribution in [2.45, 2.75) is 0 Å². The number of nitrogens with zero attached hydrogens (tertiary/aromatic N) is 2. The highest BCUT2D eigenvalue weighted by atomic mass is 35.5. The Balaban J connectivity index is 1.65. The van der Waals surface area contributed by atoms with Gasteiger partial charge in [0.2, 0.25) is 0 Å². The lowest BCUT2D eigenvalue weighted by Gasteiger charge is -2.05. The molecule has 0 radical (unpaired) electrons. The van der Waals surface area contributed by atoms with Gasteiger partial charge in [-0.1, -0.05) is 35.1 Å². The number of hydrogen-bond donors (Lipinski definition) is 1. The second kappa shape index (κ2) is 8.97. The van der Waals surface area contributed by atoms with Crippen LogP contribution >= 0.6 is 22.9 Å². The number of imidazole rings is 1. The second-order valence-corrected chi connectivity index (χ2v) is 8.07. The van der Waals surface area contributed by atoms with Crippen molar-refractivity contribution < 1.29 is 23.8 Å². The minimum atomic E-state index is -0.737. The number of methoxy groups -OCH3 is 1. The van der Waals surface area contributed by atoms with Crippen molar-refractivity contribution >= 4 is 39.9 Å². The first-order valence-corrected chi connectivity index (χ1v) is 10.5. The number of carbonyl (C=O) groups excluding carboxylic acids is 1. The molecule has 2 aromatic heterocycles. The molecular formula is C22H16ClFN2O5S. The number of phenols is 1. The number of phenolic OH excluding ortho intramolecular Hbond substituents is 1. The number of esters is 1. The van der Waals surface area contributed by atoms with Crippen molar-refractivity contribution in [3.8, 4) is 22.8 Å². The van der Waals surface area contributed by atoms with Crippen molar-refractivity contribution in [3.05, 3.63) is 73.6 Å². The van der Waals surface area contributed by atoms with E-state index in [1.54, 1.807) is 42.6 Å². The fraction of sp³-hybridized carbons (Fsp3) is 0.136. The third-order valence-electron chi connectivity index (χ3n) is 4.60. The van der Waals surface area contributed by atoms with Gasteiger partial charge in [-0.15, -0.1) is 0 Å². The van der Waals surface area contributed by atoms with Gasteiger partial charge >= 0.3 is 5.97 Å². The van der Waals surface area contributed by atoms with Crippen LogP contribution in [-0.2, 0) is 4.74 Å². The molecule has 10 heteroatoms. The number of halogens is 2. The number of carbonyl (C=O) groups is 1. The van der Waals surface area contributed by atoms with E-state index in [-0.39, 0.29) is 28.7 Å². The van der Waals surface area contributed by atoms with E-state index in [9.17, 15) is 19.1 Å². The largest absolute Gasteiger partial charge is 0.503 e. The van der Waals surface area contributed by atoms with Gasteiger partial charge < -0.3 is 14.6 Å². The Hall–Kier alpha value is -3.43. The van der Waals surface area contributed by atoms with Gasteiger partial charge in [0.15, 0.2) is 16.5 Å². The zero-order valence-corrected chi connectivity index (χ0v) is 18.2. The molecule has 0 aliphatic heterocycles. The zero-order chi connectivity index (χ0) is 22.8. The second-order valence-electron chi connectivity index (χ2n) is 6.65. The predicted octanol–water partition coefficient (Wildman–Crippen LogP) is 3.46. The molecule has 0 aliphatic rings. The van der Waals surface area contributed by atoms with Crippen LogP contribution in [0.1, 0.15) is 15.9 Å². The van der Waals surface area contributed by atoms with E-state index in [0.29, 0.717) is 31.9 Å². The van der Waals surface area contributed by atoms with Crippen LogP contribution in [0.4, 0.5) is 4.39 Å². The summed E-state index contributed by atoms with van der Waals surface area (Å²) in [6, 6.07) is 9.59. The average molecular weight is 475 g/mol. The van der Waals surface area contributed by atoms with E-state index < -0.39 is 12.6 Å². The number of aromatic hydroxyl groups is 1. The lowest BCUT2D eigenvalue weighted by molar-refractivity contribution is 0.0481. The van der Waals surface area contributed by atoms with Crippen LogP contribution in [-0.4, -0.2) is 40.9 Å². The van der Waals surface area contributed by atoms with Crippen LogP contribution in [0.5, 0.6) is 11.5 Å². The first kappa shape index (κ1) is 21.8. The zero-order valence-electron chi connectivity index (χ0n) is 16.7.